The van der Waals surface area contributed by atoms with Crippen LogP contribution in [0.25, 0.3) is 0 Å². The highest BCUT2D eigenvalue weighted by molar-refractivity contribution is 5.89. The molecule has 0 spiro atoms. The summed E-state index contributed by atoms with van der Waals surface area (Å²) in [6, 6.07) is 13.6. The van der Waals surface area contributed by atoms with Gasteiger partial charge in [-0.25, -0.2) is 0 Å². The van der Waals surface area contributed by atoms with Crippen LogP contribution in [-0.4, -0.2) is 22.2 Å². The van der Waals surface area contributed by atoms with Gasteiger partial charge < -0.3 is 10.2 Å². The standard InChI is InChI=1S/C26H32O4/c1-16(2)13-18-5-8-20(9-6-18)26(25(29)30)12-11-22(24(27)28)21-10-7-19(14-17(3)4)15-23(21)26/h5-10,15-17,22H,11-14H2,1-4H3,(H,27,28)(H,29,30)/t22-,26+/m0/s1. The third kappa shape index (κ3) is 4.14. The Balaban J connectivity index is 2.18. The second-order valence-corrected chi connectivity index (χ2v) is 9.45. The Hall–Kier alpha value is -2.62. The fourth-order valence-electron chi connectivity index (χ4n) is 4.82. The predicted molar refractivity (Wildman–Crippen MR) is 118 cm³/mol. The van der Waals surface area contributed by atoms with E-state index in [0.29, 0.717) is 29.4 Å². The molecule has 0 fully saturated rings. The molecule has 1 aliphatic carbocycles. The maximum Gasteiger partial charge on any atom is 0.318 e. The van der Waals surface area contributed by atoms with Crippen molar-refractivity contribution in [1.82, 2.24) is 0 Å². The molecule has 160 valence electrons. The maximum absolute atomic E-state index is 12.8. The molecule has 0 aromatic heterocycles. The lowest BCUT2D eigenvalue weighted by molar-refractivity contribution is -0.145. The summed E-state index contributed by atoms with van der Waals surface area (Å²) in [5, 5.41) is 20.2. The number of fused-ring (bicyclic) bond motifs is 1. The zero-order valence-electron chi connectivity index (χ0n) is 18.3. The first-order valence-corrected chi connectivity index (χ1v) is 10.8. The molecule has 0 saturated heterocycles. The monoisotopic (exact) mass is 408 g/mol. The summed E-state index contributed by atoms with van der Waals surface area (Å²) in [5.74, 6) is -1.52. The molecule has 1 aliphatic rings. The highest BCUT2D eigenvalue weighted by atomic mass is 16.4. The molecule has 30 heavy (non-hydrogen) atoms. The van der Waals surface area contributed by atoms with Gasteiger partial charge in [0.2, 0.25) is 0 Å². The van der Waals surface area contributed by atoms with Crippen molar-refractivity contribution in [3.63, 3.8) is 0 Å². The topological polar surface area (TPSA) is 74.6 Å². The molecule has 2 N–H and O–H groups in total. The minimum atomic E-state index is -1.22. The average molecular weight is 409 g/mol. The van der Waals surface area contributed by atoms with Crippen molar-refractivity contribution >= 4 is 11.9 Å². The number of carbonyl (C=O) groups is 2. The largest absolute Gasteiger partial charge is 0.481 e. The van der Waals surface area contributed by atoms with Gasteiger partial charge in [-0.15, -0.1) is 0 Å². The Morgan fingerprint density at radius 2 is 1.50 bits per heavy atom. The third-order valence-corrected chi connectivity index (χ3v) is 6.16. The van der Waals surface area contributed by atoms with Gasteiger partial charge in [0.1, 0.15) is 5.41 Å². The van der Waals surface area contributed by atoms with Gasteiger partial charge in [0.15, 0.2) is 0 Å². The van der Waals surface area contributed by atoms with Crippen LogP contribution in [0.4, 0.5) is 0 Å². The van der Waals surface area contributed by atoms with Crippen molar-refractivity contribution in [1.29, 1.82) is 0 Å². The van der Waals surface area contributed by atoms with Gasteiger partial charge in [-0.05, 0) is 65.3 Å². The summed E-state index contributed by atoms with van der Waals surface area (Å²) in [6.45, 7) is 8.56. The molecule has 0 bridgehead atoms. The molecule has 2 atom stereocenters. The van der Waals surface area contributed by atoms with Crippen LogP contribution in [0.5, 0.6) is 0 Å². The summed E-state index contributed by atoms with van der Waals surface area (Å²) in [7, 11) is 0. The molecular weight excluding hydrogens is 376 g/mol. The predicted octanol–water partition coefficient (Wildman–Crippen LogP) is 5.42. The van der Waals surface area contributed by atoms with Crippen molar-refractivity contribution in [2.75, 3.05) is 0 Å². The van der Waals surface area contributed by atoms with E-state index < -0.39 is 23.3 Å². The van der Waals surface area contributed by atoms with Crippen molar-refractivity contribution in [2.45, 2.75) is 64.7 Å². The van der Waals surface area contributed by atoms with E-state index in [1.165, 1.54) is 5.56 Å². The first kappa shape index (κ1) is 22.1. The van der Waals surface area contributed by atoms with Crippen LogP contribution in [0.2, 0.25) is 0 Å². The van der Waals surface area contributed by atoms with Crippen LogP contribution < -0.4 is 0 Å². The van der Waals surface area contributed by atoms with E-state index in [1.807, 2.05) is 42.5 Å². The second kappa shape index (κ2) is 8.63. The molecule has 0 radical (unpaired) electrons. The Morgan fingerprint density at radius 1 is 0.933 bits per heavy atom. The first-order chi connectivity index (χ1) is 14.1. The lowest BCUT2D eigenvalue weighted by Gasteiger charge is -2.39. The fraction of sp³-hybridized carbons (Fsp3) is 0.462. The van der Waals surface area contributed by atoms with Gasteiger partial charge in [-0.3, -0.25) is 9.59 Å². The molecule has 2 aromatic carbocycles. The van der Waals surface area contributed by atoms with E-state index in [4.69, 9.17) is 0 Å². The van der Waals surface area contributed by atoms with Gasteiger partial charge in [0.25, 0.3) is 0 Å². The molecule has 0 aliphatic heterocycles. The van der Waals surface area contributed by atoms with Crippen LogP contribution in [0.1, 0.15) is 74.3 Å². The minimum Gasteiger partial charge on any atom is -0.481 e. The SMILES string of the molecule is CC(C)Cc1ccc([C@]2(C(=O)O)CC[C@H](C(=O)O)c3ccc(CC(C)C)cc32)cc1. The highest BCUT2D eigenvalue weighted by Gasteiger charge is 2.48. The number of hydrogen-bond donors (Lipinski definition) is 2. The number of rotatable bonds is 7. The van der Waals surface area contributed by atoms with E-state index in [1.54, 1.807) is 0 Å². The van der Waals surface area contributed by atoms with Gasteiger partial charge in [0, 0.05) is 0 Å². The normalized spacial score (nSPS) is 20.9. The number of carboxylic acid groups (broad SMARTS) is 2. The van der Waals surface area contributed by atoms with Gasteiger partial charge in [-0.2, -0.15) is 0 Å². The van der Waals surface area contributed by atoms with Crippen LogP contribution >= 0.6 is 0 Å². The Kier molecular flexibility index (Phi) is 6.35. The lowest BCUT2D eigenvalue weighted by atomic mass is 9.62. The second-order valence-electron chi connectivity index (χ2n) is 9.45. The minimum absolute atomic E-state index is 0.279. The van der Waals surface area contributed by atoms with Crippen LogP contribution in [0.15, 0.2) is 42.5 Å². The van der Waals surface area contributed by atoms with Crippen molar-refractivity contribution in [2.24, 2.45) is 11.8 Å². The van der Waals surface area contributed by atoms with Crippen LogP contribution in [0, 0.1) is 11.8 Å². The summed E-state index contributed by atoms with van der Waals surface area (Å²) < 4.78 is 0. The quantitative estimate of drug-likeness (QED) is 0.642. The van der Waals surface area contributed by atoms with Crippen molar-refractivity contribution < 1.29 is 19.8 Å². The molecule has 4 nitrogen and oxygen atoms in total. The smallest absolute Gasteiger partial charge is 0.318 e. The van der Waals surface area contributed by atoms with Crippen molar-refractivity contribution in [3.8, 4) is 0 Å². The first-order valence-electron chi connectivity index (χ1n) is 10.8. The summed E-state index contributed by atoms with van der Waals surface area (Å²) in [5.41, 5.74) is 3.02. The third-order valence-electron chi connectivity index (χ3n) is 6.16. The summed E-state index contributed by atoms with van der Waals surface area (Å²) in [6.07, 6.45) is 2.36. The zero-order valence-corrected chi connectivity index (χ0v) is 18.3. The molecule has 3 rings (SSSR count). The van der Waals surface area contributed by atoms with E-state index in [9.17, 15) is 19.8 Å². The van der Waals surface area contributed by atoms with Crippen molar-refractivity contribution in [3.05, 3.63) is 70.3 Å². The average Bonchev–Trinajstić information content (AvgIpc) is 2.66. The number of hydrogen-bond acceptors (Lipinski definition) is 2. The zero-order chi connectivity index (χ0) is 22.1. The Morgan fingerprint density at radius 3 is 2.03 bits per heavy atom. The van der Waals surface area contributed by atoms with E-state index >= 15 is 0 Å². The summed E-state index contributed by atoms with van der Waals surface area (Å²) >= 11 is 0. The molecule has 0 amide bonds. The van der Waals surface area contributed by atoms with E-state index in [2.05, 4.69) is 27.7 Å². The summed E-state index contributed by atoms with van der Waals surface area (Å²) in [4.78, 5) is 24.7. The van der Waals surface area contributed by atoms with Crippen LogP contribution in [0.3, 0.4) is 0 Å². The Bertz CT molecular complexity index is 927. The molecule has 2 aromatic rings. The molecule has 0 heterocycles. The van der Waals surface area contributed by atoms with Crippen LogP contribution in [-0.2, 0) is 27.8 Å². The van der Waals surface area contributed by atoms with Gasteiger partial charge >= 0.3 is 11.9 Å². The van der Waals surface area contributed by atoms with Gasteiger partial charge in [-0.1, -0.05) is 70.2 Å². The fourth-order valence-corrected chi connectivity index (χ4v) is 4.82. The van der Waals surface area contributed by atoms with Gasteiger partial charge in [0.05, 0.1) is 5.92 Å². The lowest BCUT2D eigenvalue weighted by Crippen LogP contribution is -2.42. The highest BCUT2D eigenvalue weighted by Crippen LogP contribution is 2.48. The molecule has 4 heteroatoms. The molecular formula is C26H32O4. The number of benzene rings is 2. The van der Waals surface area contributed by atoms with E-state index in [-0.39, 0.29) is 6.42 Å². The maximum atomic E-state index is 12.8. The van der Waals surface area contributed by atoms with E-state index in [0.717, 1.165) is 24.0 Å². The Labute approximate surface area is 179 Å². The molecule has 0 saturated carbocycles. The molecule has 0 unspecified atom stereocenters. The number of carboxylic acids is 2. The number of aliphatic carboxylic acids is 2.